The van der Waals surface area contributed by atoms with Crippen LogP contribution in [-0.2, 0) is 4.79 Å². The summed E-state index contributed by atoms with van der Waals surface area (Å²) in [7, 11) is 0. The van der Waals surface area contributed by atoms with Crippen LogP contribution in [0.5, 0.6) is 5.75 Å². The maximum atomic E-state index is 11.7. The average Bonchev–Trinajstić information content (AvgIpc) is 2.54. The standard InChI is InChI=1S/C19H17NO2/c1-13(21)20-19(15-8-3-2-4-9-15)18-16-10-6-5-7-14(16)11-12-17(18)22/h2-12,19,22H,1H3,(H,20,21)/t19-/m1/s1. The molecule has 0 aliphatic heterocycles. The molecule has 0 saturated heterocycles. The van der Waals surface area contributed by atoms with Crippen molar-refractivity contribution >= 4 is 16.7 Å². The number of hydrogen-bond donors (Lipinski definition) is 2. The third-order valence-electron chi connectivity index (χ3n) is 3.72. The first kappa shape index (κ1) is 14.1. The van der Waals surface area contributed by atoms with Crippen molar-refractivity contribution in [3.05, 3.63) is 77.9 Å². The normalized spacial score (nSPS) is 12.0. The number of amides is 1. The molecule has 3 aromatic rings. The number of carbonyl (C=O) groups is 1. The van der Waals surface area contributed by atoms with Gasteiger partial charge in [0.2, 0.25) is 5.91 Å². The highest BCUT2D eigenvalue weighted by atomic mass is 16.3. The molecular weight excluding hydrogens is 274 g/mol. The maximum Gasteiger partial charge on any atom is 0.217 e. The van der Waals surface area contributed by atoms with Crippen LogP contribution in [0.15, 0.2) is 66.7 Å². The molecule has 0 aliphatic carbocycles. The molecule has 0 heterocycles. The molecule has 1 amide bonds. The van der Waals surface area contributed by atoms with E-state index in [-0.39, 0.29) is 17.7 Å². The molecule has 3 aromatic carbocycles. The minimum Gasteiger partial charge on any atom is -0.508 e. The second-order valence-corrected chi connectivity index (χ2v) is 5.26. The first-order valence-corrected chi connectivity index (χ1v) is 7.19. The molecule has 1 atom stereocenters. The van der Waals surface area contributed by atoms with E-state index < -0.39 is 0 Å². The first-order chi connectivity index (χ1) is 10.7. The molecule has 0 aromatic heterocycles. The van der Waals surface area contributed by atoms with Crippen molar-refractivity contribution in [2.75, 3.05) is 0 Å². The van der Waals surface area contributed by atoms with Crippen LogP contribution in [0.4, 0.5) is 0 Å². The Morgan fingerprint density at radius 1 is 0.955 bits per heavy atom. The molecule has 0 fully saturated rings. The number of hydrogen-bond acceptors (Lipinski definition) is 2. The van der Waals surface area contributed by atoms with Crippen LogP contribution < -0.4 is 5.32 Å². The van der Waals surface area contributed by atoms with Crippen molar-refractivity contribution in [2.24, 2.45) is 0 Å². The SMILES string of the molecule is CC(=O)N[C@H](c1ccccc1)c1c(O)ccc2ccccc12. The van der Waals surface area contributed by atoms with E-state index in [0.717, 1.165) is 21.9 Å². The van der Waals surface area contributed by atoms with Gasteiger partial charge in [0.1, 0.15) is 5.75 Å². The number of benzene rings is 3. The van der Waals surface area contributed by atoms with Gasteiger partial charge in [0, 0.05) is 12.5 Å². The Labute approximate surface area is 129 Å². The van der Waals surface area contributed by atoms with E-state index in [0.29, 0.717) is 0 Å². The third kappa shape index (κ3) is 2.66. The van der Waals surface area contributed by atoms with Gasteiger partial charge in [-0.3, -0.25) is 4.79 Å². The van der Waals surface area contributed by atoms with E-state index in [1.54, 1.807) is 6.07 Å². The fourth-order valence-electron chi connectivity index (χ4n) is 2.76. The molecule has 3 rings (SSSR count). The summed E-state index contributed by atoms with van der Waals surface area (Å²) in [5, 5.41) is 15.3. The molecular formula is C19H17NO2. The molecule has 3 nitrogen and oxygen atoms in total. The Hall–Kier alpha value is -2.81. The summed E-state index contributed by atoms with van der Waals surface area (Å²) in [6, 6.07) is 20.7. The average molecular weight is 291 g/mol. The summed E-state index contributed by atoms with van der Waals surface area (Å²) in [4.78, 5) is 11.7. The first-order valence-electron chi connectivity index (χ1n) is 7.19. The van der Waals surface area contributed by atoms with Crippen LogP contribution in [0, 0.1) is 0 Å². The molecule has 22 heavy (non-hydrogen) atoms. The van der Waals surface area contributed by atoms with Gasteiger partial charge < -0.3 is 10.4 Å². The molecule has 0 aliphatic rings. The van der Waals surface area contributed by atoms with Crippen molar-refractivity contribution < 1.29 is 9.90 Å². The van der Waals surface area contributed by atoms with Gasteiger partial charge in [-0.1, -0.05) is 60.7 Å². The van der Waals surface area contributed by atoms with E-state index >= 15 is 0 Å². The predicted molar refractivity (Wildman–Crippen MR) is 87.7 cm³/mol. The van der Waals surface area contributed by atoms with Gasteiger partial charge in [0.15, 0.2) is 0 Å². The summed E-state index contributed by atoms with van der Waals surface area (Å²) in [6.07, 6.45) is 0. The number of rotatable bonds is 3. The largest absolute Gasteiger partial charge is 0.508 e. The van der Waals surface area contributed by atoms with Crippen LogP contribution in [0.1, 0.15) is 24.1 Å². The molecule has 0 unspecified atom stereocenters. The van der Waals surface area contributed by atoms with Crippen molar-refractivity contribution in [2.45, 2.75) is 13.0 Å². The predicted octanol–water partition coefficient (Wildman–Crippen LogP) is 3.77. The number of nitrogens with one attached hydrogen (secondary N) is 1. The summed E-state index contributed by atoms with van der Waals surface area (Å²) >= 11 is 0. The van der Waals surface area contributed by atoms with Crippen molar-refractivity contribution in [3.8, 4) is 5.75 Å². The molecule has 3 heteroatoms. The van der Waals surface area contributed by atoms with E-state index in [2.05, 4.69) is 5.32 Å². The molecule has 0 bridgehead atoms. The van der Waals surface area contributed by atoms with Gasteiger partial charge in [0.25, 0.3) is 0 Å². The van der Waals surface area contributed by atoms with Gasteiger partial charge in [0.05, 0.1) is 6.04 Å². The van der Waals surface area contributed by atoms with Crippen molar-refractivity contribution in [1.29, 1.82) is 0 Å². The summed E-state index contributed by atoms with van der Waals surface area (Å²) in [5.74, 6) is 0.0440. The highest BCUT2D eigenvalue weighted by Crippen LogP contribution is 2.35. The van der Waals surface area contributed by atoms with Gasteiger partial charge in [-0.15, -0.1) is 0 Å². The number of phenolic OH excluding ortho intramolecular Hbond substituents is 1. The minimum atomic E-state index is -0.384. The zero-order chi connectivity index (χ0) is 15.5. The Bertz CT molecular complexity index is 812. The lowest BCUT2D eigenvalue weighted by atomic mass is 9.92. The zero-order valence-corrected chi connectivity index (χ0v) is 12.3. The topological polar surface area (TPSA) is 49.3 Å². The van der Waals surface area contributed by atoms with E-state index in [9.17, 15) is 9.90 Å². The smallest absolute Gasteiger partial charge is 0.217 e. The lowest BCUT2D eigenvalue weighted by Crippen LogP contribution is -2.27. The highest BCUT2D eigenvalue weighted by Gasteiger charge is 2.21. The lowest BCUT2D eigenvalue weighted by Gasteiger charge is -2.22. The Morgan fingerprint density at radius 3 is 2.36 bits per heavy atom. The number of phenols is 1. The number of carbonyl (C=O) groups excluding carboxylic acids is 1. The van der Waals surface area contributed by atoms with E-state index in [4.69, 9.17) is 0 Å². The van der Waals surface area contributed by atoms with Crippen LogP contribution >= 0.6 is 0 Å². The van der Waals surface area contributed by atoms with Crippen LogP contribution in [0.25, 0.3) is 10.8 Å². The van der Waals surface area contributed by atoms with E-state index in [1.807, 2.05) is 60.7 Å². The fourth-order valence-corrected chi connectivity index (χ4v) is 2.76. The van der Waals surface area contributed by atoms with Gasteiger partial charge in [-0.2, -0.15) is 0 Å². The van der Waals surface area contributed by atoms with Gasteiger partial charge in [-0.05, 0) is 22.4 Å². The number of aromatic hydroxyl groups is 1. The molecule has 0 saturated carbocycles. The number of fused-ring (bicyclic) bond motifs is 1. The van der Waals surface area contributed by atoms with E-state index in [1.165, 1.54) is 6.92 Å². The zero-order valence-electron chi connectivity index (χ0n) is 12.3. The minimum absolute atomic E-state index is 0.138. The van der Waals surface area contributed by atoms with Gasteiger partial charge >= 0.3 is 0 Å². The summed E-state index contributed by atoms with van der Waals surface area (Å²) < 4.78 is 0. The second kappa shape index (κ2) is 5.90. The fraction of sp³-hybridized carbons (Fsp3) is 0.105. The Morgan fingerprint density at radius 2 is 1.64 bits per heavy atom. The molecule has 2 N–H and O–H groups in total. The highest BCUT2D eigenvalue weighted by molar-refractivity contribution is 5.89. The summed E-state index contributed by atoms with van der Waals surface area (Å²) in [5.41, 5.74) is 1.66. The Balaban J connectivity index is 2.24. The Kier molecular flexibility index (Phi) is 3.79. The van der Waals surface area contributed by atoms with Crippen LogP contribution in [-0.4, -0.2) is 11.0 Å². The molecule has 0 radical (unpaired) electrons. The lowest BCUT2D eigenvalue weighted by molar-refractivity contribution is -0.119. The quantitative estimate of drug-likeness (QED) is 0.771. The van der Waals surface area contributed by atoms with Crippen molar-refractivity contribution in [3.63, 3.8) is 0 Å². The summed E-state index contributed by atoms with van der Waals surface area (Å²) in [6.45, 7) is 1.48. The van der Waals surface area contributed by atoms with Gasteiger partial charge in [-0.25, -0.2) is 0 Å². The van der Waals surface area contributed by atoms with Crippen LogP contribution in [0.3, 0.4) is 0 Å². The monoisotopic (exact) mass is 291 g/mol. The second-order valence-electron chi connectivity index (χ2n) is 5.26. The van der Waals surface area contributed by atoms with Crippen molar-refractivity contribution in [1.82, 2.24) is 5.32 Å². The molecule has 110 valence electrons. The third-order valence-corrected chi connectivity index (χ3v) is 3.72. The maximum absolute atomic E-state index is 11.7. The molecule has 0 spiro atoms. The van der Waals surface area contributed by atoms with Crippen LogP contribution in [0.2, 0.25) is 0 Å².